The second kappa shape index (κ2) is 6.45. The monoisotopic (exact) mass is 351 g/mol. The van der Waals surface area contributed by atoms with Crippen molar-refractivity contribution in [3.63, 3.8) is 0 Å². The largest absolute Gasteiger partial charge is 0.489 e. The van der Waals surface area contributed by atoms with Gasteiger partial charge in [0, 0.05) is 18.0 Å². The van der Waals surface area contributed by atoms with Crippen LogP contribution in [0.1, 0.15) is 5.56 Å². The standard InChI is InChI=1S/C19H14ClN3O2/c20-18-17-16(22-19(24)23(17)10-9-21-18)14-7-4-8-15(11-14)25-12-13-5-2-1-3-6-13/h1-11H,12H2,(H,22,24). The number of halogens is 1. The van der Waals surface area contributed by atoms with Crippen LogP contribution in [0.15, 0.2) is 71.8 Å². The fraction of sp³-hybridized carbons (Fsp3) is 0.0526. The van der Waals surface area contributed by atoms with Gasteiger partial charge in [0.05, 0.1) is 5.69 Å². The van der Waals surface area contributed by atoms with Crippen molar-refractivity contribution in [3.8, 4) is 17.0 Å². The van der Waals surface area contributed by atoms with Gasteiger partial charge in [0.1, 0.15) is 17.9 Å². The lowest BCUT2D eigenvalue weighted by molar-refractivity contribution is 0.306. The average molecular weight is 352 g/mol. The number of nitrogens with one attached hydrogen (secondary N) is 1. The lowest BCUT2D eigenvalue weighted by atomic mass is 10.1. The molecule has 0 aliphatic carbocycles. The van der Waals surface area contributed by atoms with E-state index in [0.29, 0.717) is 23.6 Å². The third-order valence-corrected chi connectivity index (χ3v) is 4.18. The number of aromatic nitrogens is 3. The fourth-order valence-electron chi connectivity index (χ4n) is 2.71. The van der Waals surface area contributed by atoms with E-state index in [1.165, 1.54) is 10.6 Å². The number of H-pyrrole nitrogens is 1. The van der Waals surface area contributed by atoms with Crippen molar-refractivity contribution < 1.29 is 4.74 Å². The first kappa shape index (κ1) is 15.5. The van der Waals surface area contributed by atoms with E-state index in [4.69, 9.17) is 16.3 Å². The first-order chi connectivity index (χ1) is 12.2. The van der Waals surface area contributed by atoms with E-state index < -0.39 is 0 Å². The Morgan fingerprint density at radius 2 is 1.96 bits per heavy atom. The van der Waals surface area contributed by atoms with Crippen LogP contribution in [0.25, 0.3) is 16.8 Å². The third-order valence-electron chi connectivity index (χ3n) is 3.90. The molecular weight excluding hydrogens is 338 g/mol. The van der Waals surface area contributed by atoms with Crippen molar-refractivity contribution in [1.82, 2.24) is 14.4 Å². The molecule has 0 unspecified atom stereocenters. The summed E-state index contributed by atoms with van der Waals surface area (Å²) < 4.78 is 7.30. The van der Waals surface area contributed by atoms with Crippen LogP contribution in [0, 0.1) is 0 Å². The summed E-state index contributed by atoms with van der Waals surface area (Å²) in [5.74, 6) is 0.710. The number of imidazole rings is 1. The lowest BCUT2D eigenvalue weighted by Gasteiger charge is -2.08. The molecule has 5 nitrogen and oxygen atoms in total. The summed E-state index contributed by atoms with van der Waals surface area (Å²) in [4.78, 5) is 19.0. The van der Waals surface area contributed by atoms with E-state index in [0.717, 1.165) is 11.1 Å². The van der Waals surface area contributed by atoms with Crippen molar-refractivity contribution in [3.05, 3.63) is 88.2 Å². The summed E-state index contributed by atoms with van der Waals surface area (Å²) in [5.41, 5.74) is 2.80. The van der Waals surface area contributed by atoms with Gasteiger partial charge in [-0.25, -0.2) is 9.78 Å². The number of fused-ring (bicyclic) bond motifs is 1. The summed E-state index contributed by atoms with van der Waals surface area (Å²) >= 11 is 6.18. The maximum atomic E-state index is 12.1. The van der Waals surface area contributed by atoms with Gasteiger partial charge in [-0.1, -0.05) is 54.1 Å². The van der Waals surface area contributed by atoms with Gasteiger partial charge >= 0.3 is 5.69 Å². The quantitative estimate of drug-likeness (QED) is 0.606. The molecule has 0 fully saturated rings. The number of ether oxygens (including phenoxy) is 1. The molecule has 0 aliphatic rings. The number of aromatic amines is 1. The molecule has 2 heterocycles. The Kier molecular flexibility index (Phi) is 3.99. The van der Waals surface area contributed by atoms with Crippen LogP contribution < -0.4 is 10.4 Å². The first-order valence-electron chi connectivity index (χ1n) is 7.74. The van der Waals surface area contributed by atoms with E-state index in [1.807, 2.05) is 54.6 Å². The van der Waals surface area contributed by atoms with Crippen LogP contribution in [0.4, 0.5) is 0 Å². The number of hydrogen-bond acceptors (Lipinski definition) is 3. The summed E-state index contributed by atoms with van der Waals surface area (Å²) in [5, 5.41) is 0.270. The van der Waals surface area contributed by atoms with Gasteiger partial charge in [-0.15, -0.1) is 0 Å². The summed E-state index contributed by atoms with van der Waals surface area (Å²) in [6, 6.07) is 17.5. The maximum absolute atomic E-state index is 12.1. The molecule has 0 radical (unpaired) electrons. The molecule has 0 spiro atoms. The highest BCUT2D eigenvalue weighted by atomic mass is 35.5. The smallest absolute Gasteiger partial charge is 0.330 e. The summed E-state index contributed by atoms with van der Waals surface area (Å²) in [6.45, 7) is 0.472. The normalized spacial score (nSPS) is 10.9. The zero-order chi connectivity index (χ0) is 17.2. The van der Waals surface area contributed by atoms with Gasteiger partial charge < -0.3 is 9.72 Å². The summed E-state index contributed by atoms with van der Waals surface area (Å²) in [7, 11) is 0. The molecule has 0 saturated carbocycles. The Balaban J connectivity index is 1.69. The molecule has 6 heteroatoms. The van der Waals surface area contributed by atoms with Gasteiger partial charge in [-0.05, 0) is 17.7 Å². The molecule has 1 N–H and O–H groups in total. The molecule has 0 atom stereocenters. The zero-order valence-corrected chi connectivity index (χ0v) is 13.9. The van der Waals surface area contributed by atoms with Crippen LogP contribution in [-0.2, 0) is 6.61 Å². The molecule has 2 aromatic carbocycles. The minimum atomic E-state index is -0.259. The van der Waals surface area contributed by atoms with E-state index in [1.54, 1.807) is 6.20 Å². The van der Waals surface area contributed by atoms with Crippen LogP contribution >= 0.6 is 11.6 Å². The Hall–Kier alpha value is -3.05. The predicted molar refractivity (Wildman–Crippen MR) is 97.0 cm³/mol. The van der Waals surface area contributed by atoms with Crippen LogP contribution in [0.3, 0.4) is 0 Å². The Labute approximate surface area is 148 Å². The second-order valence-electron chi connectivity index (χ2n) is 5.54. The lowest BCUT2D eigenvalue weighted by Crippen LogP contribution is -2.08. The van der Waals surface area contributed by atoms with E-state index in [9.17, 15) is 4.79 Å². The minimum Gasteiger partial charge on any atom is -0.489 e. The highest BCUT2D eigenvalue weighted by Gasteiger charge is 2.13. The highest BCUT2D eigenvalue weighted by Crippen LogP contribution is 2.28. The second-order valence-corrected chi connectivity index (χ2v) is 5.90. The van der Waals surface area contributed by atoms with Gasteiger partial charge in [-0.2, -0.15) is 0 Å². The molecular formula is C19H14ClN3O2. The van der Waals surface area contributed by atoms with Gasteiger partial charge in [0.2, 0.25) is 0 Å². The van der Waals surface area contributed by atoms with Crippen LogP contribution in [-0.4, -0.2) is 14.4 Å². The molecule has 4 aromatic rings. The topological polar surface area (TPSA) is 59.4 Å². The Morgan fingerprint density at radius 1 is 1.12 bits per heavy atom. The third kappa shape index (κ3) is 3.02. The van der Waals surface area contributed by atoms with Crippen molar-refractivity contribution in [2.75, 3.05) is 0 Å². The highest BCUT2D eigenvalue weighted by molar-refractivity contribution is 6.33. The number of hydrogen-bond donors (Lipinski definition) is 1. The van der Waals surface area contributed by atoms with Crippen molar-refractivity contribution >= 4 is 17.1 Å². The van der Waals surface area contributed by atoms with Crippen LogP contribution in [0.5, 0.6) is 5.75 Å². The summed E-state index contributed by atoms with van der Waals surface area (Å²) in [6.07, 6.45) is 3.08. The Bertz CT molecular complexity index is 1090. The predicted octanol–water partition coefficient (Wildman–Crippen LogP) is 3.92. The zero-order valence-electron chi connectivity index (χ0n) is 13.1. The molecule has 2 aromatic heterocycles. The van der Waals surface area contributed by atoms with E-state index in [-0.39, 0.29) is 10.8 Å². The van der Waals surface area contributed by atoms with Gasteiger partial charge in [-0.3, -0.25) is 4.40 Å². The number of nitrogens with zero attached hydrogens (tertiary/aromatic N) is 2. The minimum absolute atomic E-state index is 0.259. The molecule has 0 saturated heterocycles. The maximum Gasteiger partial charge on any atom is 0.330 e. The molecule has 0 amide bonds. The molecule has 124 valence electrons. The first-order valence-corrected chi connectivity index (χ1v) is 8.12. The van der Waals surface area contributed by atoms with Crippen molar-refractivity contribution in [2.45, 2.75) is 6.61 Å². The van der Waals surface area contributed by atoms with Crippen LogP contribution in [0.2, 0.25) is 5.15 Å². The molecule has 4 rings (SSSR count). The fourth-order valence-corrected chi connectivity index (χ4v) is 2.95. The van der Waals surface area contributed by atoms with Crippen molar-refractivity contribution in [2.24, 2.45) is 0 Å². The molecule has 25 heavy (non-hydrogen) atoms. The van der Waals surface area contributed by atoms with Crippen molar-refractivity contribution in [1.29, 1.82) is 0 Å². The average Bonchev–Trinajstić information content (AvgIpc) is 2.99. The number of rotatable bonds is 4. The van der Waals surface area contributed by atoms with E-state index in [2.05, 4.69) is 9.97 Å². The molecule has 0 aliphatic heterocycles. The number of benzene rings is 2. The Morgan fingerprint density at radius 3 is 2.80 bits per heavy atom. The van der Waals surface area contributed by atoms with Gasteiger partial charge in [0.15, 0.2) is 5.15 Å². The van der Waals surface area contributed by atoms with Gasteiger partial charge in [0.25, 0.3) is 0 Å². The van der Waals surface area contributed by atoms with E-state index >= 15 is 0 Å². The SMILES string of the molecule is O=c1[nH]c(-c2cccc(OCc3ccccc3)c2)c2c(Cl)nccn12. The molecule has 0 bridgehead atoms.